The lowest BCUT2D eigenvalue weighted by Gasteiger charge is -2.13. The molecule has 16 heavy (non-hydrogen) atoms. The largest absolute Gasteiger partial charge is 0.358 e. The number of nitrogens with zero attached hydrogens (tertiary/aromatic N) is 1. The van der Waals surface area contributed by atoms with Crippen molar-refractivity contribution in [1.82, 2.24) is 10.2 Å². The van der Waals surface area contributed by atoms with Gasteiger partial charge in [-0.1, -0.05) is 0 Å². The zero-order valence-electron chi connectivity index (χ0n) is 9.12. The Hall–Kier alpha value is -0.720. The molecule has 0 spiro atoms. The average molecular weight is 305 g/mol. The van der Waals surface area contributed by atoms with Crippen LogP contribution in [0.15, 0.2) is 15.9 Å². The van der Waals surface area contributed by atoms with E-state index in [4.69, 9.17) is 0 Å². The number of Topliss-reactive ketones (excluding diaryl/α,β-unsaturated/α-hetero) is 1. The highest BCUT2D eigenvalue weighted by molar-refractivity contribution is 9.11. The minimum atomic E-state index is -0.0948. The molecule has 0 radical (unpaired) electrons. The van der Waals surface area contributed by atoms with Crippen LogP contribution in [-0.4, -0.2) is 43.8 Å². The first-order chi connectivity index (χ1) is 7.52. The van der Waals surface area contributed by atoms with Gasteiger partial charge in [0.1, 0.15) is 0 Å². The van der Waals surface area contributed by atoms with E-state index in [0.29, 0.717) is 4.88 Å². The molecule has 0 aliphatic heterocycles. The molecule has 0 fully saturated rings. The summed E-state index contributed by atoms with van der Waals surface area (Å²) in [7, 11) is 3.32. The highest BCUT2D eigenvalue weighted by atomic mass is 79.9. The van der Waals surface area contributed by atoms with Crippen LogP contribution in [0.4, 0.5) is 0 Å². The molecule has 0 saturated heterocycles. The normalized spacial score (nSPS) is 10.5. The molecule has 0 atom stereocenters. The van der Waals surface area contributed by atoms with Gasteiger partial charge in [0.25, 0.3) is 0 Å². The van der Waals surface area contributed by atoms with Crippen LogP contribution in [0.25, 0.3) is 0 Å². The van der Waals surface area contributed by atoms with Gasteiger partial charge in [-0.15, -0.1) is 11.3 Å². The zero-order chi connectivity index (χ0) is 12.1. The monoisotopic (exact) mass is 304 g/mol. The SMILES string of the molecule is CNC(=O)CN(C)CC(=O)c1ccc(Br)s1. The highest BCUT2D eigenvalue weighted by Crippen LogP contribution is 2.22. The van der Waals surface area contributed by atoms with Crippen LogP contribution < -0.4 is 5.32 Å². The molecule has 1 aromatic heterocycles. The molecule has 0 aliphatic rings. The number of amides is 1. The number of carbonyl (C=O) groups is 2. The molecule has 1 N–H and O–H groups in total. The number of hydrogen-bond donors (Lipinski definition) is 1. The number of thiophene rings is 1. The van der Waals surface area contributed by atoms with Crippen molar-refractivity contribution < 1.29 is 9.59 Å². The fraction of sp³-hybridized carbons (Fsp3) is 0.400. The number of likely N-dealkylation sites (N-methyl/N-ethyl adjacent to an activating group) is 2. The molecule has 1 rings (SSSR count). The van der Waals surface area contributed by atoms with Crippen molar-refractivity contribution in [3.8, 4) is 0 Å². The first-order valence-electron chi connectivity index (χ1n) is 4.70. The van der Waals surface area contributed by atoms with Gasteiger partial charge in [-0.25, -0.2) is 0 Å². The predicted molar refractivity (Wildman–Crippen MR) is 67.9 cm³/mol. The van der Waals surface area contributed by atoms with Gasteiger partial charge in [0.15, 0.2) is 5.78 Å². The van der Waals surface area contributed by atoms with Gasteiger partial charge in [-0.2, -0.15) is 0 Å². The smallest absolute Gasteiger partial charge is 0.233 e. The van der Waals surface area contributed by atoms with E-state index in [2.05, 4.69) is 21.2 Å². The number of carbonyl (C=O) groups excluding carboxylic acids is 2. The summed E-state index contributed by atoms with van der Waals surface area (Å²) in [6.07, 6.45) is 0. The lowest BCUT2D eigenvalue weighted by molar-refractivity contribution is -0.121. The van der Waals surface area contributed by atoms with E-state index in [1.807, 2.05) is 6.07 Å². The summed E-state index contributed by atoms with van der Waals surface area (Å²) in [5.74, 6) is -0.0650. The van der Waals surface area contributed by atoms with Crippen molar-refractivity contribution in [3.63, 3.8) is 0 Å². The van der Waals surface area contributed by atoms with Gasteiger partial charge >= 0.3 is 0 Å². The summed E-state index contributed by atoms with van der Waals surface area (Å²) >= 11 is 4.71. The van der Waals surface area contributed by atoms with E-state index in [0.717, 1.165) is 3.79 Å². The summed E-state index contributed by atoms with van der Waals surface area (Å²) < 4.78 is 0.935. The average Bonchev–Trinajstić information content (AvgIpc) is 2.64. The van der Waals surface area contributed by atoms with Crippen LogP contribution >= 0.6 is 27.3 Å². The second-order valence-electron chi connectivity index (χ2n) is 3.37. The summed E-state index contributed by atoms with van der Waals surface area (Å²) in [5.41, 5.74) is 0. The van der Waals surface area contributed by atoms with Crippen LogP contribution in [0.5, 0.6) is 0 Å². The van der Waals surface area contributed by atoms with Gasteiger partial charge in [-0.05, 0) is 35.1 Å². The third-order valence-electron chi connectivity index (χ3n) is 1.95. The topological polar surface area (TPSA) is 49.4 Å². The molecule has 0 aromatic carbocycles. The van der Waals surface area contributed by atoms with Crippen molar-refractivity contribution >= 4 is 39.0 Å². The molecule has 0 unspecified atom stereocenters. The lowest BCUT2D eigenvalue weighted by Crippen LogP contribution is -2.35. The lowest BCUT2D eigenvalue weighted by atomic mass is 10.3. The molecule has 6 heteroatoms. The van der Waals surface area contributed by atoms with E-state index in [1.54, 1.807) is 25.1 Å². The number of ketones is 1. The molecule has 1 amide bonds. The summed E-state index contributed by atoms with van der Waals surface area (Å²) in [6.45, 7) is 0.481. The van der Waals surface area contributed by atoms with E-state index in [-0.39, 0.29) is 24.8 Å². The molecule has 1 heterocycles. The Bertz CT molecular complexity index is 392. The van der Waals surface area contributed by atoms with Crippen LogP contribution in [0.3, 0.4) is 0 Å². The van der Waals surface area contributed by atoms with Gasteiger partial charge in [0.05, 0.1) is 21.8 Å². The maximum Gasteiger partial charge on any atom is 0.233 e. The first-order valence-corrected chi connectivity index (χ1v) is 6.31. The quantitative estimate of drug-likeness (QED) is 0.836. The van der Waals surface area contributed by atoms with Crippen molar-refractivity contribution in [2.75, 3.05) is 27.2 Å². The Morgan fingerprint density at radius 3 is 2.62 bits per heavy atom. The predicted octanol–water partition coefficient (Wildman–Crippen LogP) is 1.37. The Kier molecular flexibility index (Phi) is 5.11. The minimum absolute atomic E-state index is 0.0297. The Labute approximate surface area is 107 Å². The molecular formula is C10H13BrN2O2S. The van der Waals surface area contributed by atoms with Gasteiger partial charge in [0, 0.05) is 7.05 Å². The van der Waals surface area contributed by atoms with E-state index >= 15 is 0 Å². The molecule has 4 nitrogen and oxygen atoms in total. The van der Waals surface area contributed by atoms with E-state index in [1.165, 1.54) is 11.3 Å². The third-order valence-corrected chi connectivity index (χ3v) is 3.62. The first kappa shape index (κ1) is 13.3. The highest BCUT2D eigenvalue weighted by Gasteiger charge is 2.13. The Morgan fingerprint density at radius 2 is 2.12 bits per heavy atom. The minimum Gasteiger partial charge on any atom is -0.358 e. The number of rotatable bonds is 5. The Morgan fingerprint density at radius 1 is 1.44 bits per heavy atom. The zero-order valence-corrected chi connectivity index (χ0v) is 11.5. The van der Waals surface area contributed by atoms with Crippen LogP contribution in [0.2, 0.25) is 0 Å². The molecular weight excluding hydrogens is 292 g/mol. The maximum absolute atomic E-state index is 11.8. The second-order valence-corrected chi connectivity index (χ2v) is 5.84. The van der Waals surface area contributed by atoms with Crippen LogP contribution in [0, 0.1) is 0 Å². The fourth-order valence-corrected chi connectivity index (χ4v) is 2.48. The summed E-state index contributed by atoms with van der Waals surface area (Å²) in [6, 6.07) is 3.63. The van der Waals surface area contributed by atoms with E-state index in [9.17, 15) is 9.59 Å². The van der Waals surface area contributed by atoms with Gasteiger partial charge in [-0.3, -0.25) is 14.5 Å². The maximum atomic E-state index is 11.8. The molecule has 0 aliphatic carbocycles. The van der Waals surface area contributed by atoms with Crippen LogP contribution in [0.1, 0.15) is 9.67 Å². The summed E-state index contributed by atoms with van der Waals surface area (Å²) in [4.78, 5) is 25.2. The number of hydrogen-bond acceptors (Lipinski definition) is 4. The Balaban J connectivity index is 2.48. The van der Waals surface area contributed by atoms with Crippen molar-refractivity contribution in [2.45, 2.75) is 0 Å². The van der Waals surface area contributed by atoms with Crippen LogP contribution in [-0.2, 0) is 4.79 Å². The van der Waals surface area contributed by atoms with Crippen molar-refractivity contribution in [2.24, 2.45) is 0 Å². The summed E-state index contributed by atoms with van der Waals surface area (Å²) in [5, 5.41) is 2.52. The fourth-order valence-electron chi connectivity index (χ4n) is 1.17. The van der Waals surface area contributed by atoms with E-state index < -0.39 is 0 Å². The molecule has 0 bridgehead atoms. The van der Waals surface area contributed by atoms with Gasteiger partial charge in [0.2, 0.25) is 5.91 Å². The van der Waals surface area contributed by atoms with Gasteiger partial charge < -0.3 is 5.32 Å². The number of halogens is 1. The van der Waals surface area contributed by atoms with Crippen molar-refractivity contribution in [3.05, 3.63) is 20.8 Å². The standard InChI is InChI=1S/C10H13BrN2O2S/c1-12-10(15)6-13(2)5-7(14)8-3-4-9(11)16-8/h3-4H,5-6H2,1-2H3,(H,12,15). The molecule has 1 aromatic rings. The second kappa shape index (κ2) is 6.12. The number of nitrogens with one attached hydrogen (secondary N) is 1. The third kappa shape index (κ3) is 4.03. The molecule has 0 saturated carbocycles. The van der Waals surface area contributed by atoms with Crippen molar-refractivity contribution in [1.29, 1.82) is 0 Å². The molecule has 88 valence electrons.